The third-order valence-electron chi connectivity index (χ3n) is 2.74. The second kappa shape index (κ2) is 5.99. The summed E-state index contributed by atoms with van der Waals surface area (Å²) in [5, 5.41) is 20.8. The quantitative estimate of drug-likeness (QED) is 0.517. The van der Waals surface area contributed by atoms with Crippen LogP contribution in [0.4, 0.5) is 5.69 Å². The maximum Gasteiger partial charge on any atom is 0.295 e. The van der Waals surface area contributed by atoms with Gasteiger partial charge in [0.05, 0.1) is 4.92 Å². The minimum absolute atomic E-state index is 0.0233. The molecular weight excluding hydrogens is 264 g/mol. The van der Waals surface area contributed by atoms with Crippen LogP contribution in [0.2, 0.25) is 0 Å². The monoisotopic (exact) mass is 278 g/mol. The van der Waals surface area contributed by atoms with Gasteiger partial charge in [0, 0.05) is 34.9 Å². The van der Waals surface area contributed by atoms with Gasteiger partial charge in [-0.2, -0.15) is 0 Å². The van der Waals surface area contributed by atoms with Gasteiger partial charge in [-0.05, 0) is 12.0 Å². The molecule has 5 nitrogen and oxygen atoms in total. The molecule has 0 amide bonds. The van der Waals surface area contributed by atoms with E-state index in [0.29, 0.717) is 5.52 Å². The first-order valence-corrected chi connectivity index (χ1v) is 6.88. The minimum atomic E-state index is -0.417. The average molecular weight is 278 g/mol. The van der Waals surface area contributed by atoms with Crippen molar-refractivity contribution in [2.45, 2.75) is 11.8 Å². The van der Waals surface area contributed by atoms with Crippen molar-refractivity contribution >= 4 is 28.4 Å². The molecule has 0 aliphatic rings. The number of thioether (sulfide) groups is 1. The number of benzene rings is 1. The fraction of sp³-hybridized carbons (Fsp3) is 0.308. The van der Waals surface area contributed by atoms with Crippen molar-refractivity contribution in [1.82, 2.24) is 4.98 Å². The SMILES string of the molecule is CC(CO)CSc1ccnc2c([N+](=O)[O-])cccc12. The number of aliphatic hydroxyl groups excluding tert-OH is 1. The first kappa shape index (κ1) is 13.8. The topological polar surface area (TPSA) is 76.3 Å². The van der Waals surface area contributed by atoms with E-state index in [0.717, 1.165) is 16.0 Å². The molecule has 2 aromatic rings. The molecular formula is C13H14N2O3S. The lowest BCUT2D eigenvalue weighted by Crippen LogP contribution is -2.03. The van der Waals surface area contributed by atoms with E-state index in [9.17, 15) is 10.1 Å². The van der Waals surface area contributed by atoms with Crippen LogP contribution < -0.4 is 0 Å². The number of fused-ring (bicyclic) bond motifs is 1. The summed E-state index contributed by atoms with van der Waals surface area (Å²) in [6.07, 6.45) is 1.58. The van der Waals surface area contributed by atoms with E-state index < -0.39 is 4.92 Å². The lowest BCUT2D eigenvalue weighted by molar-refractivity contribution is -0.383. The summed E-state index contributed by atoms with van der Waals surface area (Å²) < 4.78 is 0. The van der Waals surface area contributed by atoms with Gasteiger partial charge in [0.25, 0.3) is 5.69 Å². The molecule has 1 heterocycles. The second-order valence-electron chi connectivity index (χ2n) is 4.34. The molecule has 0 saturated heterocycles. The fourth-order valence-electron chi connectivity index (χ4n) is 1.69. The fourth-order valence-corrected chi connectivity index (χ4v) is 2.74. The molecule has 0 saturated carbocycles. The molecule has 6 heteroatoms. The van der Waals surface area contributed by atoms with Crippen molar-refractivity contribution < 1.29 is 10.0 Å². The molecule has 1 unspecified atom stereocenters. The van der Waals surface area contributed by atoms with Gasteiger partial charge in [-0.1, -0.05) is 19.1 Å². The molecule has 1 aromatic carbocycles. The van der Waals surface area contributed by atoms with Gasteiger partial charge in [0.2, 0.25) is 0 Å². The van der Waals surface area contributed by atoms with Crippen LogP contribution in [-0.2, 0) is 0 Å². The number of aliphatic hydroxyl groups is 1. The van der Waals surface area contributed by atoms with Crippen molar-refractivity contribution in [2.75, 3.05) is 12.4 Å². The van der Waals surface area contributed by atoms with Crippen LogP contribution in [0.1, 0.15) is 6.92 Å². The maximum atomic E-state index is 11.0. The van der Waals surface area contributed by atoms with Gasteiger partial charge < -0.3 is 5.11 Å². The molecule has 0 aliphatic carbocycles. The Bertz CT molecular complexity index is 603. The van der Waals surface area contributed by atoms with Crippen LogP contribution >= 0.6 is 11.8 Å². The van der Waals surface area contributed by atoms with E-state index in [4.69, 9.17) is 5.11 Å². The van der Waals surface area contributed by atoms with Gasteiger partial charge in [0.1, 0.15) is 5.52 Å². The van der Waals surface area contributed by atoms with Gasteiger partial charge in [0.15, 0.2) is 0 Å². The molecule has 0 bridgehead atoms. The van der Waals surface area contributed by atoms with Crippen molar-refractivity contribution in [3.8, 4) is 0 Å². The molecule has 100 valence electrons. The number of hydrogen-bond acceptors (Lipinski definition) is 5. The maximum absolute atomic E-state index is 11.0. The Morgan fingerprint density at radius 3 is 2.95 bits per heavy atom. The number of pyridine rings is 1. The summed E-state index contributed by atoms with van der Waals surface area (Å²) in [5.74, 6) is 0.949. The number of rotatable bonds is 5. The number of nitro benzene ring substituents is 1. The number of nitro groups is 1. The van der Waals surface area contributed by atoms with Crippen molar-refractivity contribution in [2.24, 2.45) is 5.92 Å². The third kappa shape index (κ3) is 3.02. The Labute approximate surface area is 114 Å². The molecule has 0 spiro atoms. The van der Waals surface area contributed by atoms with Crippen molar-refractivity contribution in [3.05, 3.63) is 40.6 Å². The van der Waals surface area contributed by atoms with Crippen molar-refractivity contribution in [3.63, 3.8) is 0 Å². The third-order valence-corrected chi connectivity index (χ3v) is 4.14. The van der Waals surface area contributed by atoms with Gasteiger partial charge in [-0.25, -0.2) is 4.98 Å². The van der Waals surface area contributed by atoms with Gasteiger partial charge in [-0.15, -0.1) is 11.8 Å². The highest BCUT2D eigenvalue weighted by Crippen LogP contribution is 2.32. The zero-order valence-electron chi connectivity index (χ0n) is 10.4. The summed E-state index contributed by atoms with van der Waals surface area (Å²) >= 11 is 1.58. The molecule has 19 heavy (non-hydrogen) atoms. The van der Waals surface area contributed by atoms with E-state index in [1.54, 1.807) is 24.0 Å². The predicted molar refractivity (Wildman–Crippen MR) is 75.4 cm³/mol. The van der Waals surface area contributed by atoms with Crippen LogP contribution in [-0.4, -0.2) is 27.4 Å². The zero-order valence-corrected chi connectivity index (χ0v) is 11.3. The minimum Gasteiger partial charge on any atom is -0.396 e. The lowest BCUT2D eigenvalue weighted by atomic mass is 10.2. The summed E-state index contributed by atoms with van der Waals surface area (Å²) in [4.78, 5) is 15.6. The molecule has 1 aromatic heterocycles. The van der Waals surface area contributed by atoms with E-state index in [1.807, 2.05) is 19.1 Å². The zero-order chi connectivity index (χ0) is 13.8. The average Bonchev–Trinajstić information content (AvgIpc) is 2.43. The highest BCUT2D eigenvalue weighted by atomic mass is 32.2. The number of non-ortho nitro benzene ring substituents is 1. The Kier molecular flexibility index (Phi) is 4.34. The Hall–Kier alpha value is -1.66. The van der Waals surface area contributed by atoms with E-state index in [2.05, 4.69) is 4.98 Å². The molecule has 1 atom stereocenters. The lowest BCUT2D eigenvalue weighted by Gasteiger charge is -2.09. The summed E-state index contributed by atoms with van der Waals surface area (Å²) in [6, 6.07) is 6.81. The molecule has 0 aliphatic heterocycles. The first-order valence-electron chi connectivity index (χ1n) is 5.89. The summed E-state index contributed by atoms with van der Waals surface area (Å²) in [6.45, 7) is 2.09. The normalized spacial score (nSPS) is 12.5. The highest BCUT2D eigenvalue weighted by Gasteiger charge is 2.14. The molecule has 0 radical (unpaired) electrons. The number of hydrogen-bond donors (Lipinski definition) is 1. The summed E-state index contributed by atoms with van der Waals surface area (Å²) in [7, 11) is 0. The number of nitrogens with zero attached hydrogens (tertiary/aromatic N) is 2. The largest absolute Gasteiger partial charge is 0.396 e. The van der Waals surface area contributed by atoms with Crippen LogP contribution in [0.3, 0.4) is 0 Å². The Balaban J connectivity index is 2.40. The second-order valence-corrected chi connectivity index (χ2v) is 5.40. The standard InChI is InChI=1S/C13H14N2O3S/c1-9(7-16)8-19-12-5-6-14-13-10(12)3-2-4-11(13)15(17)18/h2-6,9,16H,7-8H2,1H3. The van der Waals surface area contributed by atoms with Crippen LogP contribution in [0, 0.1) is 16.0 Å². The van der Waals surface area contributed by atoms with E-state index in [1.165, 1.54) is 6.07 Å². The Morgan fingerprint density at radius 2 is 2.26 bits per heavy atom. The molecule has 1 N–H and O–H groups in total. The number of para-hydroxylation sites is 1. The predicted octanol–water partition coefficient (Wildman–Crippen LogP) is 2.86. The van der Waals surface area contributed by atoms with Crippen molar-refractivity contribution in [1.29, 1.82) is 0 Å². The van der Waals surface area contributed by atoms with Crippen LogP contribution in [0.25, 0.3) is 10.9 Å². The van der Waals surface area contributed by atoms with Gasteiger partial charge >= 0.3 is 0 Å². The van der Waals surface area contributed by atoms with Crippen LogP contribution in [0.5, 0.6) is 0 Å². The molecule has 2 rings (SSSR count). The summed E-state index contributed by atoms with van der Waals surface area (Å²) in [5.41, 5.74) is 0.435. The van der Waals surface area contributed by atoms with Gasteiger partial charge in [-0.3, -0.25) is 10.1 Å². The number of aromatic nitrogens is 1. The highest BCUT2D eigenvalue weighted by molar-refractivity contribution is 7.99. The Morgan fingerprint density at radius 1 is 1.47 bits per heavy atom. The molecule has 0 fully saturated rings. The van der Waals surface area contributed by atoms with Crippen LogP contribution in [0.15, 0.2) is 35.4 Å². The smallest absolute Gasteiger partial charge is 0.295 e. The van der Waals surface area contributed by atoms with E-state index >= 15 is 0 Å². The van der Waals surface area contributed by atoms with E-state index in [-0.39, 0.29) is 18.2 Å². The first-order chi connectivity index (χ1) is 9.13.